The van der Waals surface area contributed by atoms with Gasteiger partial charge in [0, 0.05) is 30.1 Å². The number of hydrazone groups is 1. The number of ether oxygens (including phenoxy) is 1. The second-order valence-electron chi connectivity index (χ2n) is 9.21. The van der Waals surface area contributed by atoms with E-state index in [1.165, 1.54) is 11.1 Å². The molecule has 3 aliphatic rings. The first kappa shape index (κ1) is 22.5. The van der Waals surface area contributed by atoms with Gasteiger partial charge in [0.2, 0.25) is 0 Å². The fourth-order valence-electron chi connectivity index (χ4n) is 4.94. The third-order valence-electron chi connectivity index (χ3n) is 6.83. The maximum Gasteiger partial charge on any atom is 0.268 e. The normalized spacial score (nSPS) is 18.7. The van der Waals surface area contributed by atoms with Crippen LogP contribution in [0.2, 0.25) is 0 Å². The van der Waals surface area contributed by atoms with E-state index in [0.29, 0.717) is 30.5 Å². The average molecular weight is 484 g/mol. The third kappa shape index (κ3) is 4.74. The van der Waals surface area contributed by atoms with Crippen LogP contribution in [0.15, 0.2) is 64.8 Å². The Balaban J connectivity index is 1.21. The van der Waals surface area contributed by atoms with E-state index in [2.05, 4.69) is 37.8 Å². The molecule has 0 radical (unpaired) electrons. The second-order valence-corrected chi connectivity index (χ2v) is 9.21. The number of nitrogens with one attached hydrogen (secondary N) is 3. The molecule has 184 valence electrons. The Morgan fingerprint density at radius 3 is 2.89 bits per heavy atom. The summed E-state index contributed by atoms with van der Waals surface area (Å²) in [5.41, 5.74) is 8.44. The highest BCUT2D eigenvalue weighted by Gasteiger charge is 2.21. The third-order valence-corrected chi connectivity index (χ3v) is 6.83. The summed E-state index contributed by atoms with van der Waals surface area (Å²) in [6, 6.07) is 11.6. The molecule has 1 amide bonds. The minimum Gasteiger partial charge on any atom is -0.378 e. The van der Waals surface area contributed by atoms with Gasteiger partial charge in [0.25, 0.3) is 5.91 Å². The van der Waals surface area contributed by atoms with Gasteiger partial charge in [0.15, 0.2) is 11.6 Å². The van der Waals surface area contributed by atoms with Crippen molar-refractivity contribution in [2.45, 2.75) is 32.2 Å². The predicted molar refractivity (Wildman–Crippen MR) is 140 cm³/mol. The maximum absolute atomic E-state index is 12.8. The van der Waals surface area contributed by atoms with Crippen molar-refractivity contribution in [2.24, 2.45) is 5.10 Å². The molecule has 36 heavy (non-hydrogen) atoms. The number of allylic oxidation sites excluding steroid dienone is 4. The summed E-state index contributed by atoms with van der Waals surface area (Å²) < 4.78 is 5.51. The number of nitrogens with zero attached hydrogens (tertiary/aromatic N) is 4. The van der Waals surface area contributed by atoms with Crippen LogP contribution in [-0.2, 0) is 11.3 Å². The van der Waals surface area contributed by atoms with Crippen LogP contribution in [0.3, 0.4) is 0 Å². The van der Waals surface area contributed by atoms with Crippen molar-refractivity contribution in [1.82, 2.24) is 20.3 Å². The number of carbonyl (C=O) groups is 1. The van der Waals surface area contributed by atoms with Crippen LogP contribution in [0.4, 0.5) is 11.6 Å². The Hall–Kier alpha value is -3.98. The molecule has 1 fully saturated rings. The van der Waals surface area contributed by atoms with Crippen molar-refractivity contribution >= 4 is 34.2 Å². The number of fused-ring (bicyclic) bond motifs is 1. The molecule has 1 aliphatic heterocycles. The topological polar surface area (TPSA) is 108 Å². The highest BCUT2D eigenvalue weighted by atomic mass is 16.5. The van der Waals surface area contributed by atoms with Crippen LogP contribution in [0, 0.1) is 0 Å². The zero-order valence-electron chi connectivity index (χ0n) is 20.1. The van der Waals surface area contributed by atoms with Crippen molar-refractivity contribution in [3.8, 4) is 0 Å². The van der Waals surface area contributed by atoms with Gasteiger partial charge in [-0.15, -0.1) is 0 Å². The Kier molecular flexibility index (Phi) is 6.21. The minimum atomic E-state index is -0.198. The zero-order valence-corrected chi connectivity index (χ0v) is 20.1. The van der Waals surface area contributed by atoms with Crippen molar-refractivity contribution in [3.63, 3.8) is 0 Å². The predicted octanol–water partition coefficient (Wildman–Crippen LogP) is 3.93. The summed E-state index contributed by atoms with van der Waals surface area (Å²) in [5.74, 6) is 1.74. The van der Waals surface area contributed by atoms with Gasteiger partial charge in [0.05, 0.1) is 25.5 Å². The Morgan fingerprint density at radius 2 is 2.00 bits per heavy atom. The highest BCUT2D eigenvalue weighted by Crippen LogP contribution is 2.32. The number of aromatic amines is 1. The van der Waals surface area contributed by atoms with E-state index < -0.39 is 0 Å². The van der Waals surface area contributed by atoms with Crippen LogP contribution in [0.25, 0.3) is 10.9 Å². The van der Waals surface area contributed by atoms with Crippen molar-refractivity contribution in [1.29, 1.82) is 0 Å². The summed E-state index contributed by atoms with van der Waals surface area (Å²) in [5, 5.41) is 8.65. The van der Waals surface area contributed by atoms with Gasteiger partial charge in [-0.1, -0.05) is 35.9 Å². The highest BCUT2D eigenvalue weighted by molar-refractivity contribution is 6.06. The van der Waals surface area contributed by atoms with Crippen LogP contribution >= 0.6 is 0 Å². The molecule has 6 rings (SSSR count). The summed E-state index contributed by atoms with van der Waals surface area (Å²) in [6.45, 7) is 3.03. The molecule has 3 heterocycles. The molecule has 2 aromatic heterocycles. The molecule has 0 atom stereocenters. The first-order valence-corrected chi connectivity index (χ1v) is 12.5. The van der Waals surface area contributed by atoms with Crippen LogP contribution in [0.5, 0.6) is 0 Å². The van der Waals surface area contributed by atoms with E-state index in [0.717, 1.165) is 61.2 Å². The molecule has 1 aromatic carbocycles. The van der Waals surface area contributed by atoms with E-state index in [-0.39, 0.29) is 12.5 Å². The number of anilines is 2. The number of hydrogen-bond acceptors (Lipinski definition) is 7. The lowest BCUT2D eigenvalue weighted by molar-refractivity contribution is 0.0945. The molecule has 2 aliphatic carbocycles. The molecule has 9 heteroatoms. The number of benzene rings is 1. The van der Waals surface area contributed by atoms with E-state index in [1.807, 2.05) is 36.4 Å². The summed E-state index contributed by atoms with van der Waals surface area (Å²) in [7, 11) is 0. The van der Waals surface area contributed by atoms with E-state index >= 15 is 0 Å². The number of para-hydroxylation sites is 1. The van der Waals surface area contributed by atoms with E-state index in [1.54, 1.807) is 0 Å². The Labute approximate surface area is 209 Å². The first-order valence-electron chi connectivity index (χ1n) is 12.5. The van der Waals surface area contributed by atoms with Gasteiger partial charge in [-0.2, -0.15) is 5.10 Å². The molecule has 3 N–H and O–H groups in total. The van der Waals surface area contributed by atoms with Gasteiger partial charge in [-0.25, -0.2) is 9.97 Å². The number of amides is 1. The second kappa shape index (κ2) is 9.94. The number of hydrogen-bond donors (Lipinski definition) is 3. The van der Waals surface area contributed by atoms with Crippen LogP contribution in [0.1, 0.15) is 42.0 Å². The van der Waals surface area contributed by atoms with Gasteiger partial charge in [-0.3, -0.25) is 10.2 Å². The lowest BCUT2D eigenvalue weighted by Gasteiger charge is -2.28. The first-order chi connectivity index (χ1) is 17.7. The number of H-pyrrole nitrogens is 1. The zero-order chi connectivity index (χ0) is 24.3. The Morgan fingerprint density at radius 1 is 1.11 bits per heavy atom. The van der Waals surface area contributed by atoms with Crippen molar-refractivity contribution < 1.29 is 9.53 Å². The largest absolute Gasteiger partial charge is 0.378 e. The minimum absolute atomic E-state index is 0.198. The molecule has 1 saturated heterocycles. The lowest BCUT2D eigenvalue weighted by Crippen LogP contribution is -2.37. The molecule has 0 bridgehead atoms. The van der Waals surface area contributed by atoms with Crippen LogP contribution < -0.4 is 15.6 Å². The number of carbonyl (C=O) groups excluding carboxylic acids is 1. The van der Waals surface area contributed by atoms with Crippen molar-refractivity contribution in [2.75, 3.05) is 36.6 Å². The number of rotatable bonds is 6. The fraction of sp³-hybridized carbons (Fsp3) is 0.333. The molecular formula is C27H29N7O2. The van der Waals surface area contributed by atoms with E-state index in [4.69, 9.17) is 14.8 Å². The Bertz CT molecular complexity index is 1350. The number of morpholine rings is 1. The molecule has 9 nitrogen and oxygen atoms in total. The molecule has 0 spiro atoms. The molecule has 0 saturated carbocycles. The molecule has 3 aromatic rings. The van der Waals surface area contributed by atoms with Crippen LogP contribution in [-0.4, -0.2) is 52.9 Å². The fourth-order valence-corrected chi connectivity index (χ4v) is 4.94. The van der Waals surface area contributed by atoms with Gasteiger partial charge < -0.3 is 19.9 Å². The average Bonchev–Trinajstić information content (AvgIpc) is 3.55. The monoisotopic (exact) mass is 483 g/mol. The van der Waals surface area contributed by atoms with Gasteiger partial charge in [0.1, 0.15) is 11.5 Å². The molecule has 0 unspecified atom stereocenters. The van der Waals surface area contributed by atoms with Gasteiger partial charge >= 0.3 is 0 Å². The summed E-state index contributed by atoms with van der Waals surface area (Å²) in [4.78, 5) is 27.5. The number of aromatic nitrogens is 3. The van der Waals surface area contributed by atoms with Gasteiger partial charge in [-0.05, 0) is 43.4 Å². The smallest absolute Gasteiger partial charge is 0.268 e. The quantitative estimate of drug-likeness (QED) is 0.459. The molecular weight excluding hydrogens is 454 g/mol. The SMILES string of the molecule is O=C(NCc1nc(N/N=C2\CCC3=C2C=CCC3)cc(N2CCOCC2)n1)c1cc2ccccc2[nH]1. The summed E-state index contributed by atoms with van der Waals surface area (Å²) >= 11 is 0. The summed E-state index contributed by atoms with van der Waals surface area (Å²) in [6.07, 6.45) is 8.66. The van der Waals surface area contributed by atoms with E-state index in [9.17, 15) is 4.79 Å². The van der Waals surface area contributed by atoms with Crippen molar-refractivity contribution in [3.05, 3.63) is 71.2 Å². The maximum atomic E-state index is 12.8. The lowest BCUT2D eigenvalue weighted by atomic mass is 10.0. The standard InChI is InChI=1S/C27H29N7O2/c35-27(23-15-19-6-2-4-8-21(19)29-23)28-17-25-30-24(16-26(31-25)34-11-13-36-14-12-34)33-32-22-10-9-18-5-1-3-7-20(18)22/h2-4,6-8,15-16,29H,1,5,9-14,17H2,(H,28,35)(H,30,31,33)/b32-22+.